The van der Waals surface area contributed by atoms with Crippen molar-refractivity contribution in [3.63, 3.8) is 0 Å². The van der Waals surface area contributed by atoms with Crippen LogP contribution in [0.25, 0.3) is 0 Å². The molecule has 0 bridgehead atoms. The number of hydrogen-bond acceptors (Lipinski definition) is 6. The molecule has 2 heterocycles. The van der Waals surface area contributed by atoms with Gasteiger partial charge >= 0.3 is 0 Å². The number of amides is 1. The number of rotatable bonds is 6. The number of aryl methyl sites for hydroxylation is 1. The molecular formula is C23H23N3O4S. The Bertz CT molecular complexity index is 1190. The van der Waals surface area contributed by atoms with E-state index in [4.69, 9.17) is 9.47 Å². The number of anilines is 1. The van der Waals surface area contributed by atoms with Crippen LogP contribution in [-0.2, 0) is 10.5 Å². The van der Waals surface area contributed by atoms with Crippen LogP contribution in [0.1, 0.15) is 34.6 Å². The second-order valence-electron chi connectivity index (χ2n) is 7.26. The third-order valence-electron chi connectivity index (χ3n) is 5.37. The number of aromatic amines is 1. The monoisotopic (exact) mass is 437 g/mol. The number of fused-ring (bicyclic) bond motifs is 1. The number of carbonyl (C=O) groups is 1. The van der Waals surface area contributed by atoms with Crippen molar-refractivity contribution in [1.82, 2.24) is 9.97 Å². The lowest BCUT2D eigenvalue weighted by Gasteiger charge is -2.26. The lowest BCUT2D eigenvalue weighted by molar-refractivity contribution is -0.116. The molecule has 1 atom stereocenters. The zero-order valence-electron chi connectivity index (χ0n) is 17.5. The maximum atomic E-state index is 13.1. The zero-order chi connectivity index (χ0) is 22.0. The molecule has 31 heavy (non-hydrogen) atoms. The lowest BCUT2D eigenvalue weighted by Crippen LogP contribution is -2.31. The van der Waals surface area contributed by atoms with E-state index < -0.39 is 5.92 Å². The van der Waals surface area contributed by atoms with E-state index in [0.29, 0.717) is 39.4 Å². The molecule has 1 aliphatic heterocycles. The summed E-state index contributed by atoms with van der Waals surface area (Å²) in [4.78, 5) is 33.0. The maximum absolute atomic E-state index is 13.1. The fraction of sp³-hybridized carbons (Fsp3) is 0.261. The van der Waals surface area contributed by atoms with Crippen molar-refractivity contribution in [2.75, 3.05) is 19.5 Å². The van der Waals surface area contributed by atoms with Gasteiger partial charge in [0.1, 0.15) is 17.3 Å². The van der Waals surface area contributed by atoms with Gasteiger partial charge in [0.25, 0.3) is 5.56 Å². The molecule has 0 spiro atoms. The number of thioether (sulfide) groups is 1. The predicted octanol–water partition coefficient (Wildman–Crippen LogP) is 3.86. The normalized spacial score (nSPS) is 15.2. The summed E-state index contributed by atoms with van der Waals surface area (Å²) < 4.78 is 10.8. The van der Waals surface area contributed by atoms with Gasteiger partial charge in [0.05, 0.1) is 19.8 Å². The van der Waals surface area contributed by atoms with E-state index in [-0.39, 0.29) is 17.9 Å². The van der Waals surface area contributed by atoms with Crippen molar-refractivity contribution >= 4 is 23.5 Å². The van der Waals surface area contributed by atoms with Gasteiger partial charge in [-0.05, 0) is 36.2 Å². The average molecular weight is 438 g/mol. The van der Waals surface area contributed by atoms with Crippen LogP contribution in [0, 0.1) is 6.92 Å². The van der Waals surface area contributed by atoms with Gasteiger partial charge in [0, 0.05) is 23.7 Å². The number of carbonyl (C=O) groups excluding carboxylic acids is 1. The molecular weight excluding hydrogens is 414 g/mol. The van der Waals surface area contributed by atoms with Gasteiger partial charge in [-0.1, -0.05) is 36.0 Å². The van der Waals surface area contributed by atoms with Crippen LogP contribution in [0.2, 0.25) is 0 Å². The molecule has 160 valence electrons. The summed E-state index contributed by atoms with van der Waals surface area (Å²) >= 11 is 1.42. The first-order valence-corrected chi connectivity index (χ1v) is 10.8. The number of benzene rings is 2. The van der Waals surface area contributed by atoms with Crippen LogP contribution in [0.15, 0.2) is 52.4 Å². The molecule has 0 fully saturated rings. The Morgan fingerprint density at radius 2 is 1.94 bits per heavy atom. The van der Waals surface area contributed by atoms with Crippen LogP contribution in [0.5, 0.6) is 11.5 Å². The Morgan fingerprint density at radius 1 is 1.13 bits per heavy atom. The van der Waals surface area contributed by atoms with Crippen molar-refractivity contribution < 1.29 is 14.3 Å². The first-order chi connectivity index (χ1) is 15.0. The van der Waals surface area contributed by atoms with E-state index in [9.17, 15) is 9.59 Å². The average Bonchev–Trinajstić information content (AvgIpc) is 2.77. The van der Waals surface area contributed by atoms with Crippen LogP contribution < -0.4 is 20.3 Å². The van der Waals surface area contributed by atoms with Gasteiger partial charge in [0.2, 0.25) is 5.91 Å². The fourth-order valence-corrected chi connectivity index (χ4v) is 4.65. The zero-order valence-corrected chi connectivity index (χ0v) is 18.3. The predicted molar refractivity (Wildman–Crippen MR) is 120 cm³/mol. The molecule has 1 aromatic heterocycles. The van der Waals surface area contributed by atoms with E-state index in [0.717, 1.165) is 5.56 Å². The van der Waals surface area contributed by atoms with Gasteiger partial charge in [-0.2, -0.15) is 0 Å². The maximum Gasteiger partial charge on any atom is 0.257 e. The molecule has 0 saturated carbocycles. The van der Waals surface area contributed by atoms with E-state index in [1.54, 1.807) is 32.4 Å². The molecule has 0 saturated heterocycles. The van der Waals surface area contributed by atoms with Gasteiger partial charge in [-0.25, -0.2) is 4.98 Å². The molecule has 1 amide bonds. The fourth-order valence-electron chi connectivity index (χ4n) is 3.71. The Hall–Kier alpha value is -3.26. The third-order valence-corrected chi connectivity index (χ3v) is 6.29. The van der Waals surface area contributed by atoms with E-state index in [1.807, 2.05) is 31.2 Å². The lowest BCUT2D eigenvalue weighted by atomic mass is 9.86. The molecule has 2 N–H and O–H groups in total. The molecule has 0 radical (unpaired) electrons. The highest BCUT2D eigenvalue weighted by Crippen LogP contribution is 2.40. The van der Waals surface area contributed by atoms with Crippen LogP contribution >= 0.6 is 11.8 Å². The highest BCUT2D eigenvalue weighted by molar-refractivity contribution is 7.98. The number of nitrogens with zero attached hydrogens (tertiary/aromatic N) is 1. The summed E-state index contributed by atoms with van der Waals surface area (Å²) in [6.45, 7) is 2.05. The summed E-state index contributed by atoms with van der Waals surface area (Å²) in [6.07, 6.45) is 0.122. The third kappa shape index (κ3) is 4.29. The van der Waals surface area contributed by atoms with E-state index in [2.05, 4.69) is 15.3 Å². The van der Waals surface area contributed by atoms with Crippen molar-refractivity contribution in [3.8, 4) is 11.5 Å². The van der Waals surface area contributed by atoms with Gasteiger partial charge < -0.3 is 19.8 Å². The molecule has 3 aromatic rings. The molecule has 8 heteroatoms. The van der Waals surface area contributed by atoms with Crippen molar-refractivity contribution in [3.05, 3.63) is 75.1 Å². The minimum atomic E-state index is -0.486. The van der Waals surface area contributed by atoms with Gasteiger partial charge in [0.15, 0.2) is 5.16 Å². The number of nitrogens with one attached hydrogen (secondary N) is 2. The van der Waals surface area contributed by atoms with Crippen LogP contribution in [0.3, 0.4) is 0 Å². The number of methoxy groups -OCH3 is 2. The first kappa shape index (κ1) is 21.0. The van der Waals surface area contributed by atoms with Crippen LogP contribution in [-0.4, -0.2) is 30.1 Å². The topological polar surface area (TPSA) is 93.3 Å². The summed E-state index contributed by atoms with van der Waals surface area (Å²) in [5.74, 6) is 1.48. The first-order valence-electron chi connectivity index (χ1n) is 9.83. The highest BCUT2D eigenvalue weighted by atomic mass is 32.2. The van der Waals surface area contributed by atoms with Gasteiger partial charge in [-0.15, -0.1) is 0 Å². The van der Waals surface area contributed by atoms with Crippen LogP contribution in [0.4, 0.5) is 5.82 Å². The number of aromatic nitrogens is 2. The molecule has 2 aromatic carbocycles. The van der Waals surface area contributed by atoms with E-state index >= 15 is 0 Å². The summed E-state index contributed by atoms with van der Waals surface area (Å²) in [6, 6.07) is 13.4. The van der Waals surface area contributed by atoms with Crippen molar-refractivity contribution in [2.24, 2.45) is 0 Å². The largest absolute Gasteiger partial charge is 0.497 e. The van der Waals surface area contributed by atoms with Crippen molar-refractivity contribution in [2.45, 2.75) is 30.2 Å². The summed E-state index contributed by atoms with van der Waals surface area (Å²) in [5, 5.41) is 3.22. The SMILES string of the molecule is COc1ccc(OC)c([C@@H]2CC(=O)Nc3nc(SCc4ccccc4C)[nH]c(=O)c32)c1. The Labute approximate surface area is 184 Å². The summed E-state index contributed by atoms with van der Waals surface area (Å²) in [7, 11) is 3.13. The van der Waals surface area contributed by atoms with E-state index in [1.165, 1.54) is 17.3 Å². The van der Waals surface area contributed by atoms with Gasteiger partial charge in [-0.3, -0.25) is 9.59 Å². The molecule has 1 aliphatic rings. The Kier molecular flexibility index (Phi) is 5.99. The molecule has 0 unspecified atom stereocenters. The summed E-state index contributed by atoms with van der Waals surface area (Å²) in [5.41, 5.74) is 3.20. The second kappa shape index (κ2) is 8.85. The number of hydrogen-bond donors (Lipinski definition) is 2. The second-order valence-corrected chi connectivity index (χ2v) is 8.23. The molecule has 7 nitrogen and oxygen atoms in total. The Morgan fingerprint density at radius 3 is 2.68 bits per heavy atom. The standard InChI is InChI=1S/C23H23N3O4S/c1-13-6-4-5-7-14(13)12-31-23-25-21-20(22(28)26-23)17(11-19(27)24-21)16-10-15(29-2)8-9-18(16)30-3/h4-10,17H,11-12H2,1-3H3,(H2,24,25,26,27,28)/t17-/m0/s1. The molecule has 4 rings (SSSR count). The smallest absolute Gasteiger partial charge is 0.257 e. The number of ether oxygens (including phenoxy) is 2. The molecule has 0 aliphatic carbocycles. The minimum absolute atomic E-state index is 0.122. The highest BCUT2D eigenvalue weighted by Gasteiger charge is 2.33. The number of H-pyrrole nitrogens is 1. The quantitative estimate of drug-likeness (QED) is 0.449. The Balaban J connectivity index is 1.71. The minimum Gasteiger partial charge on any atom is -0.497 e. The van der Waals surface area contributed by atoms with Crippen molar-refractivity contribution in [1.29, 1.82) is 0 Å².